The second-order valence-electron chi connectivity index (χ2n) is 5.12. The van der Waals surface area contributed by atoms with Crippen molar-refractivity contribution in [3.05, 3.63) is 12.4 Å². The zero-order valence-electron chi connectivity index (χ0n) is 12.1. The van der Waals surface area contributed by atoms with Gasteiger partial charge in [-0.15, -0.1) is 0 Å². The topological polar surface area (TPSA) is 67.3 Å². The maximum atomic E-state index is 12.4. The van der Waals surface area contributed by atoms with Gasteiger partial charge in [0.25, 0.3) is 0 Å². The van der Waals surface area contributed by atoms with Crippen LogP contribution in [0.5, 0.6) is 5.88 Å². The highest BCUT2D eigenvalue weighted by Crippen LogP contribution is 2.23. The molecule has 1 aliphatic rings. The molecule has 1 fully saturated rings. The van der Waals surface area contributed by atoms with Crippen LogP contribution in [0.1, 0.15) is 12.8 Å². The van der Waals surface area contributed by atoms with Crippen LogP contribution < -0.4 is 10.1 Å². The molecule has 1 aromatic heterocycles. The second-order valence-corrected chi connectivity index (χ2v) is 5.12. The van der Waals surface area contributed by atoms with Gasteiger partial charge in [-0.2, -0.15) is 13.2 Å². The molecular formula is C13H17F3N4O2. The van der Waals surface area contributed by atoms with Crippen LogP contribution in [-0.2, 0) is 4.79 Å². The quantitative estimate of drug-likeness (QED) is 0.915. The predicted molar refractivity (Wildman–Crippen MR) is 72.4 cm³/mol. The molecule has 2 rings (SSSR count). The Morgan fingerprint density at radius 1 is 1.50 bits per heavy atom. The molecule has 1 aromatic rings. The van der Waals surface area contributed by atoms with Gasteiger partial charge in [-0.05, 0) is 19.4 Å². The van der Waals surface area contributed by atoms with E-state index in [0.717, 1.165) is 0 Å². The summed E-state index contributed by atoms with van der Waals surface area (Å²) in [6.45, 7) is -0.545. The van der Waals surface area contributed by atoms with E-state index in [4.69, 9.17) is 4.74 Å². The zero-order chi connectivity index (χ0) is 16.2. The lowest BCUT2D eigenvalue weighted by atomic mass is 9.97. The van der Waals surface area contributed by atoms with E-state index in [1.165, 1.54) is 24.4 Å². The number of hydrogen-bond donors (Lipinski definition) is 1. The number of methoxy groups -OCH3 is 1. The monoisotopic (exact) mass is 318 g/mol. The molecule has 0 spiro atoms. The van der Waals surface area contributed by atoms with E-state index in [9.17, 15) is 18.0 Å². The first-order chi connectivity index (χ1) is 10.4. The Kier molecular flexibility index (Phi) is 5.17. The summed E-state index contributed by atoms with van der Waals surface area (Å²) in [5.41, 5.74) is 0. The molecule has 22 heavy (non-hydrogen) atoms. The largest absolute Gasteiger partial charge is 0.481 e. The Morgan fingerprint density at radius 2 is 2.27 bits per heavy atom. The third-order valence-electron chi connectivity index (χ3n) is 3.38. The molecule has 0 bridgehead atoms. The van der Waals surface area contributed by atoms with E-state index in [0.29, 0.717) is 25.3 Å². The fraction of sp³-hybridized carbons (Fsp3) is 0.615. The van der Waals surface area contributed by atoms with Crippen LogP contribution in [0.3, 0.4) is 0 Å². The number of aromatic nitrogens is 2. The number of nitrogens with one attached hydrogen (secondary N) is 1. The van der Waals surface area contributed by atoms with Crippen LogP contribution >= 0.6 is 0 Å². The van der Waals surface area contributed by atoms with Crippen LogP contribution in [0.15, 0.2) is 12.4 Å². The number of carbonyl (C=O) groups is 1. The van der Waals surface area contributed by atoms with Crippen LogP contribution in [-0.4, -0.2) is 53.7 Å². The van der Waals surface area contributed by atoms with Gasteiger partial charge in [0.05, 0.1) is 19.6 Å². The molecule has 9 heteroatoms. The standard InChI is InChI=1S/C13H17F3N4O2/c1-22-11-5-10(17-8-18-11)19-12(21)9-3-2-4-20(6-9)7-13(14,15)16/h5,8-9H,2-4,6-7H2,1H3,(H,17,18,19,21). The van der Waals surface area contributed by atoms with E-state index in [-0.39, 0.29) is 18.3 Å². The smallest absolute Gasteiger partial charge is 0.401 e. The highest BCUT2D eigenvalue weighted by Gasteiger charge is 2.34. The van der Waals surface area contributed by atoms with Gasteiger partial charge in [0.15, 0.2) is 0 Å². The van der Waals surface area contributed by atoms with Crippen LogP contribution in [0.4, 0.5) is 19.0 Å². The zero-order valence-corrected chi connectivity index (χ0v) is 12.1. The number of piperidine rings is 1. The maximum absolute atomic E-state index is 12.4. The number of alkyl halides is 3. The van der Waals surface area contributed by atoms with Gasteiger partial charge in [0.1, 0.15) is 12.1 Å². The number of likely N-dealkylation sites (tertiary alicyclic amines) is 1. The summed E-state index contributed by atoms with van der Waals surface area (Å²) in [5, 5.41) is 2.59. The van der Waals surface area contributed by atoms with Crippen molar-refractivity contribution < 1.29 is 22.7 Å². The molecule has 1 atom stereocenters. The third kappa shape index (κ3) is 4.83. The van der Waals surface area contributed by atoms with Gasteiger partial charge in [0.2, 0.25) is 11.8 Å². The summed E-state index contributed by atoms with van der Waals surface area (Å²) in [5.74, 6) is -0.262. The molecular weight excluding hydrogens is 301 g/mol. The predicted octanol–water partition coefficient (Wildman–Crippen LogP) is 1.70. The van der Waals surface area contributed by atoms with E-state index < -0.39 is 18.6 Å². The lowest BCUT2D eigenvalue weighted by molar-refractivity contribution is -0.151. The minimum absolute atomic E-state index is 0.0908. The van der Waals surface area contributed by atoms with Crippen molar-refractivity contribution in [3.63, 3.8) is 0 Å². The summed E-state index contributed by atoms with van der Waals surface area (Å²) in [7, 11) is 1.43. The molecule has 1 N–H and O–H groups in total. The lowest BCUT2D eigenvalue weighted by Crippen LogP contribution is -2.44. The Hall–Kier alpha value is -1.90. The number of amides is 1. The Bertz CT molecular complexity index is 524. The van der Waals surface area contributed by atoms with E-state index in [2.05, 4.69) is 15.3 Å². The van der Waals surface area contributed by atoms with Gasteiger partial charge in [-0.25, -0.2) is 9.97 Å². The van der Waals surface area contributed by atoms with Crippen LogP contribution in [0.2, 0.25) is 0 Å². The average molecular weight is 318 g/mol. The van der Waals surface area contributed by atoms with Crippen molar-refractivity contribution in [2.75, 3.05) is 32.1 Å². The summed E-state index contributed by atoms with van der Waals surface area (Å²) < 4.78 is 42.2. The SMILES string of the molecule is COc1cc(NC(=O)C2CCCN(CC(F)(F)F)C2)ncn1. The third-order valence-corrected chi connectivity index (χ3v) is 3.38. The van der Waals surface area contributed by atoms with Gasteiger partial charge in [-0.3, -0.25) is 9.69 Å². The van der Waals surface area contributed by atoms with Gasteiger partial charge < -0.3 is 10.1 Å². The van der Waals surface area contributed by atoms with Crippen molar-refractivity contribution in [2.45, 2.75) is 19.0 Å². The number of ether oxygens (including phenoxy) is 1. The Morgan fingerprint density at radius 3 is 2.95 bits per heavy atom. The fourth-order valence-electron chi connectivity index (χ4n) is 2.41. The molecule has 122 valence electrons. The summed E-state index contributed by atoms with van der Waals surface area (Å²) in [6.07, 6.45) is -1.90. The van der Waals surface area contributed by atoms with Crippen molar-refractivity contribution in [1.29, 1.82) is 0 Å². The molecule has 6 nitrogen and oxygen atoms in total. The van der Waals surface area contributed by atoms with Crippen LogP contribution in [0, 0.1) is 5.92 Å². The van der Waals surface area contributed by atoms with E-state index in [1.807, 2.05) is 0 Å². The normalized spacial score (nSPS) is 19.7. The van der Waals surface area contributed by atoms with Crippen molar-refractivity contribution in [1.82, 2.24) is 14.9 Å². The number of rotatable bonds is 4. The first-order valence-electron chi connectivity index (χ1n) is 6.83. The number of anilines is 1. The minimum atomic E-state index is -4.25. The first kappa shape index (κ1) is 16.5. The molecule has 0 aromatic carbocycles. The lowest BCUT2D eigenvalue weighted by Gasteiger charge is -2.32. The maximum Gasteiger partial charge on any atom is 0.401 e. The molecule has 1 unspecified atom stereocenters. The number of nitrogens with zero attached hydrogens (tertiary/aromatic N) is 3. The van der Waals surface area contributed by atoms with Gasteiger partial charge in [0, 0.05) is 12.6 Å². The molecule has 1 aliphatic heterocycles. The molecule has 2 heterocycles. The number of hydrogen-bond acceptors (Lipinski definition) is 5. The van der Waals surface area contributed by atoms with E-state index >= 15 is 0 Å². The van der Waals surface area contributed by atoms with E-state index in [1.54, 1.807) is 0 Å². The first-order valence-corrected chi connectivity index (χ1v) is 6.83. The van der Waals surface area contributed by atoms with Crippen molar-refractivity contribution >= 4 is 11.7 Å². The average Bonchev–Trinajstić information content (AvgIpc) is 2.46. The van der Waals surface area contributed by atoms with Gasteiger partial charge >= 0.3 is 6.18 Å². The summed E-state index contributed by atoms with van der Waals surface area (Å²) in [4.78, 5) is 21.1. The highest BCUT2D eigenvalue weighted by atomic mass is 19.4. The summed E-state index contributed by atoms with van der Waals surface area (Å²) >= 11 is 0. The highest BCUT2D eigenvalue weighted by molar-refractivity contribution is 5.91. The van der Waals surface area contributed by atoms with Crippen molar-refractivity contribution in [2.24, 2.45) is 5.92 Å². The van der Waals surface area contributed by atoms with Gasteiger partial charge in [-0.1, -0.05) is 0 Å². The fourth-order valence-corrected chi connectivity index (χ4v) is 2.41. The molecule has 0 aliphatic carbocycles. The summed E-state index contributed by atoms with van der Waals surface area (Å²) in [6, 6.07) is 1.45. The number of carbonyl (C=O) groups excluding carboxylic acids is 1. The van der Waals surface area contributed by atoms with Crippen LogP contribution in [0.25, 0.3) is 0 Å². The Labute approximate surface area is 125 Å². The number of halogens is 3. The molecule has 1 saturated heterocycles. The Balaban J connectivity index is 1.94. The molecule has 0 saturated carbocycles. The second kappa shape index (κ2) is 6.91. The molecule has 1 amide bonds. The van der Waals surface area contributed by atoms with Crippen molar-refractivity contribution in [3.8, 4) is 5.88 Å². The molecule has 0 radical (unpaired) electrons. The minimum Gasteiger partial charge on any atom is -0.481 e.